The minimum absolute atomic E-state index is 0.00993. The van der Waals surface area contributed by atoms with Gasteiger partial charge in [-0.05, 0) is 53.8 Å². The summed E-state index contributed by atoms with van der Waals surface area (Å²) in [6, 6.07) is 21.0. The highest BCUT2D eigenvalue weighted by Gasteiger charge is 2.26. The normalized spacial score (nSPS) is 15.0. The SMILES string of the molecule is CCc1ccc(C(=O)NCC(c2cccn2C)N2CCc3ccccc3C2)cc1. The molecule has 1 unspecified atom stereocenters. The average Bonchev–Trinajstić information content (AvgIpc) is 3.19. The Labute approximate surface area is 173 Å². The number of amides is 1. The van der Waals surface area contributed by atoms with E-state index in [4.69, 9.17) is 0 Å². The quantitative estimate of drug-likeness (QED) is 0.691. The zero-order valence-electron chi connectivity index (χ0n) is 17.3. The molecule has 2 aromatic carbocycles. The second-order valence-corrected chi connectivity index (χ2v) is 7.81. The highest BCUT2D eigenvalue weighted by molar-refractivity contribution is 5.94. The number of aromatic nitrogens is 1. The number of benzene rings is 2. The highest BCUT2D eigenvalue weighted by atomic mass is 16.1. The Morgan fingerprint density at radius 1 is 1.03 bits per heavy atom. The van der Waals surface area contributed by atoms with Crippen LogP contribution in [0.4, 0.5) is 0 Å². The third-order valence-electron chi connectivity index (χ3n) is 6.01. The average molecular weight is 388 g/mol. The number of rotatable bonds is 6. The molecule has 1 amide bonds. The molecule has 0 spiro atoms. The van der Waals surface area contributed by atoms with Gasteiger partial charge in [-0.25, -0.2) is 0 Å². The zero-order chi connectivity index (χ0) is 20.2. The van der Waals surface area contributed by atoms with Crippen LogP contribution in [-0.2, 0) is 26.4 Å². The Morgan fingerprint density at radius 3 is 2.48 bits per heavy atom. The van der Waals surface area contributed by atoms with Crippen LogP contribution < -0.4 is 5.32 Å². The Balaban J connectivity index is 1.51. The van der Waals surface area contributed by atoms with Crippen molar-refractivity contribution in [3.05, 3.63) is 94.8 Å². The first-order valence-electron chi connectivity index (χ1n) is 10.4. The van der Waals surface area contributed by atoms with Gasteiger partial charge in [-0.1, -0.05) is 43.3 Å². The van der Waals surface area contributed by atoms with Crippen LogP contribution in [-0.4, -0.2) is 28.5 Å². The standard InChI is InChI=1S/C25H29N3O/c1-3-19-10-12-21(13-11-19)25(29)26-17-24(23-9-6-15-27(23)2)28-16-14-20-7-4-5-8-22(20)18-28/h4-13,15,24H,3,14,16-18H2,1-2H3,(H,26,29). The monoisotopic (exact) mass is 387 g/mol. The molecule has 3 aromatic rings. The van der Waals surface area contributed by atoms with Crippen LogP contribution in [0.3, 0.4) is 0 Å². The molecule has 4 heteroatoms. The minimum atomic E-state index is -0.00993. The smallest absolute Gasteiger partial charge is 0.251 e. The van der Waals surface area contributed by atoms with Crippen molar-refractivity contribution < 1.29 is 4.79 Å². The van der Waals surface area contributed by atoms with Crippen molar-refractivity contribution in [3.63, 3.8) is 0 Å². The summed E-state index contributed by atoms with van der Waals surface area (Å²) in [5.41, 5.74) is 6.02. The Hall–Kier alpha value is -2.85. The van der Waals surface area contributed by atoms with Gasteiger partial charge in [0.05, 0.1) is 6.04 Å². The lowest BCUT2D eigenvalue weighted by molar-refractivity contribution is 0.0925. The van der Waals surface area contributed by atoms with Gasteiger partial charge in [0, 0.05) is 44.1 Å². The second-order valence-electron chi connectivity index (χ2n) is 7.81. The fourth-order valence-corrected chi connectivity index (χ4v) is 4.21. The van der Waals surface area contributed by atoms with E-state index in [9.17, 15) is 4.79 Å². The first-order chi connectivity index (χ1) is 14.2. The Morgan fingerprint density at radius 2 is 1.79 bits per heavy atom. The predicted octanol–water partition coefficient (Wildman–Crippen LogP) is 4.12. The highest BCUT2D eigenvalue weighted by Crippen LogP contribution is 2.27. The lowest BCUT2D eigenvalue weighted by Gasteiger charge is -2.36. The molecule has 0 bridgehead atoms. The molecule has 4 rings (SSSR count). The van der Waals surface area contributed by atoms with E-state index in [0.717, 1.165) is 31.5 Å². The van der Waals surface area contributed by atoms with E-state index in [-0.39, 0.29) is 11.9 Å². The van der Waals surface area contributed by atoms with E-state index in [1.807, 2.05) is 24.3 Å². The van der Waals surface area contributed by atoms with E-state index in [1.165, 1.54) is 22.4 Å². The fourth-order valence-electron chi connectivity index (χ4n) is 4.21. The molecular formula is C25H29N3O. The molecule has 0 saturated heterocycles. The number of aryl methyl sites for hydroxylation is 2. The number of carbonyl (C=O) groups is 1. The van der Waals surface area contributed by atoms with Gasteiger partial charge in [-0.2, -0.15) is 0 Å². The van der Waals surface area contributed by atoms with Gasteiger partial charge in [0.1, 0.15) is 0 Å². The van der Waals surface area contributed by atoms with Gasteiger partial charge in [0.2, 0.25) is 0 Å². The number of nitrogens with one attached hydrogen (secondary N) is 1. The molecule has 0 fully saturated rings. The third kappa shape index (κ3) is 4.28. The summed E-state index contributed by atoms with van der Waals surface area (Å²) in [5, 5.41) is 3.18. The van der Waals surface area contributed by atoms with Crippen molar-refractivity contribution in [1.29, 1.82) is 0 Å². The van der Waals surface area contributed by atoms with Gasteiger partial charge in [0.25, 0.3) is 5.91 Å². The Bertz CT molecular complexity index is 974. The lowest BCUT2D eigenvalue weighted by Crippen LogP contribution is -2.41. The molecule has 0 saturated carbocycles. The van der Waals surface area contributed by atoms with Crippen LogP contribution in [0.2, 0.25) is 0 Å². The van der Waals surface area contributed by atoms with Gasteiger partial charge in [0.15, 0.2) is 0 Å². The molecule has 150 valence electrons. The number of hydrogen-bond donors (Lipinski definition) is 1. The zero-order valence-corrected chi connectivity index (χ0v) is 17.3. The summed E-state index contributed by atoms with van der Waals surface area (Å²) in [5.74, 6) is -0.00993. The van der Waals surface area contributed by atoms with Gasteiger partial charge in [-0.15, -0.1) is 0 Å². The van der Waals surface area contributed by atoms with Gasteiger partial charge < -0.3 is 9.88 Å². The number of carbonyl (C=O) groups excluding carboxylic acids is 1. The molecule has 1 N–H and O–H groups in total. The van der Waals surface area contributed by atoms with E-state index in [0.29, 0.717) is 6.54 Å². The van der Waals surface area contributed by atoms with Crippen LogP contribution in [0.15, 0.2) is 66.9 Å². The van der Waals surface area contributed by atoms with Gasteiger partial charge >= 0.3 is 0 Å². The van der Waals surface area contributed by atoms with Crippen LogP contribution in [0.25, 0.3) is 0 Å². The van der Waals surface area contributed by atoms with Gasteiger partial charge in [-0.3, -0.25) is 9.69 Å². The molecule has 0 aliphatic carbocycles. The van der Waals surface area contributed by atoms with E-state index >= 15 is 0 Å². The van der Waals surface area contributed by atoms with E-state index in [1.54, 1.807) is 0 Å². The maximum Gasteiger partial charge on any atom is 0.251 e. The molecule has 29 heavy (non-hydrogen) atoms. The second kappa shape index (κ2) is 8.66. The van der Waals surface area contributed by atoms with Crippen molar-refractivity contribution in [2.24, 2.45) is 7.05 Å². The molecule has 4 nitrogen and oxygen atoms in total. The first kappa shape index (κ1) is 19.5. The molecular weight excluding hydrogens is 358 g/mol. The number of nitrogens with zero attached hydrogens (tertiary/aromatic N) is 2. The molecule has 1 aromatic heterocycles. The molecule has 1 aliphatic heterocycles. The molecule has 1 atom stereocenters. The van der Waals surface area contributed by atoms with Crippen molar-refractivity contribution in [2.45, 2.75) is 32.4 Å². The van der Waals surface area contributed by atoms with E-state index < -0.39 is 0 Å². The lowest BCUT2D eigenvalue weighted by atomic mass is 9.97. The summed E-state index contributed by atoms with van der Waals surface area (Å²) in [4.78, 5) is 15.2. The van der Waals surface area contributed by atoms with Crippen molar-refractivity contribution >= 4 is 5.91 Å². The number of hydrogen-bond acceptors (Lipinski definition) is 2. The molecule has 2 heterocycles. The summed E-state index contributed by atoms with van der Waals surface area (Å²) < 4.78 is 2.16. The maximum atomic E-state index is 12.7. The topological polar surface area (TPSA) is 37.3 Å². The van der Waals surface area contributed by atoms with Crippen molar-refractivity contribution in [2.75, 3.05) is 13.1 Å². The van der Waals surface area contributed by atoms with Crippen LogP contribution in [0.5, 0.6) is 0 Å². The summed E-state index contributed by atoms with van der Waals surface area (Å²) in [7, 11) is 2.07. The number of fused-ring (bicyclic) bond motifs is 1. The fraction of sp³-hybridized carbons (Fsp3) is 0.320. The van der Waals surface area contributed by atoms with Crippen LogP contribution >= 0.6 is 0 Å². The maximum absolute atomic E-state index is 12.7. The van der Waals surface area contributed by atoms with Crippen LogP contribution in [0, 0.1) is 0 Å². The van der Waals surface area contributed by atoms with Crippen LogP contribution in [0.1, 0.15) is 45.7 Å². The summed E-state index contributed by atoms with van der Waals surface area (Å²) in [6.45, 7) is 4.62. The van der Waals surface area contributed by atoms with Crippen molar-refractivity contribution in [1.82, 2.24) is 14.8 Å². The first-order valence-corrected chi connectivity index (χ1v) is 10.4. The summed E-state index contributed by atoms with van der Waals surface area (Å²) >= 11 is 0. The molecule has 0 radical (unpaired) electrons. The summed E-state index contributed by atoms with van der Waals surface area (Å²) in [6.07, 6.45) is 4.10. The molecule has 1 aliphatic rings. The van der Waals surface area contributed by atoms with E-state index in [2.05, 4.69) is 71.4 Å². The third-order valence-corrected chi connectivity index (χ3v) is 6.01. The Kier molecular flexibility index (Phi) is 5.81. The minimum Gasteiger partial charge on any atom is -0.353 e. The predicted molar refractivity (Wildman–Crippen MR) is 117 cm³/mol. The largest absolute Gasteiger partial charge is 0.353 e. The van der Waals surface area contributed by atoms with Crippen molar-refractivity contribution in [3.8, 4) is 0 Å².